The van der Waals surface area contributed by atoms with E-state index in [-0.39, 0.29) is 6.54 Å². The van der Waals surface area contributed by atoms with Gasteiger partial charge in [-0.2, -0.15) is 5.10 Å². The number of aryl methyl sites for hydroxylation is 2. The number of carboxylic acid groups (broad SMARTS) is 1. The molecule has 0 unspecified atom stereocenters. The van der Waals surface area contributed by atoms with E-state index in [1.807, 2.05) is 25.1 Å². The van der Waals surface area contributed by atoms with E-state index in [0.717, 1.165) is 17.8 Å². The van der Waals surface area contributed by atoms with Crippen LogP contribution in [0.4, 0.5) is 0 Å². The summed E-state index contributed by atoms with van der Waals surface area (Å²) in [5, 5.41) is 13.2. The van der Waals surface area contributed by atoms with Crippen LogP contribution in [-0.4, -0.2) is 38.8 Å². The van der Waals surface area contributed by atoms with Crippen LogP contribution in [0.2, 0.25) is 0 Å². The van der Waals surface area contributed by atoms with Crippen molar-refractivity contribution in [3.05, 3.63) is 17.5 Å². The van der Waals surface area contributed by atoms with Crippen molar-refractivity contribution in [2.45, 2.75) is 27.3 Å². The first-order chi connectivity index (χ1) is 7.88. The lowest BCUT2D eigenvalue weighted by molar-refractivity contribution is -0.138. The summed E-state index contributed by atoms with van der Waals surface area (Å²) >= 11 is 0. The zero-order valence-corrected chi connectivity index (χ0v) is 11.0. The molecular formula is C12H21N3O2. The van der Waals surface area contributed by atoms with Crippen LogP contribution < -0.4 is 0 Å². The van der Waals surface area contributed by atoms with Crippen molar-refractivity contribution in [2.75, 3.05) is 13.1 Å². The maximum atomic E-state index is 10.8. The molecule has 1 aromatic rings. The quantitative estimate of drug-likeness (QED) is 0.812. The lowest BCUT2D eigenvalue weighted by Crippen LogP contribution is -2.32. The highest BCUT2D eigenvalue weighted by atomic mass is 16.4. The number of hydrogen-bond acceptors (Lipinski definition) is 3. The molecule has 0 atom stereocenters. The lowest BCUT2D eigenvalue weighted by atomic mass is 10.2. The second-order valence-corrected chi connectivity index (χ2v) is 4.87. The maximum absolute atomic E-state index is 10.8. The molecule has 1 aromatic heterocycles. The van der Waals surface area contributed by atoms with Crippen molar-refractivity contribution < 1.29 is 9.90 Å². The third-order valence-corrected chi connectivity index (χ3v) is 2.49. The molecule has 0 saturated heterocycles. The topological polar surface area (TPSA) is 58.4 Å². The van der Waals surface area contributed by atoms with Gasteiger partial charge in [0.25, 0.3) is 0 Å². The van der Waals surface area contributed by atoms with Gasteiger partial charge in [-0.3, -0.25) is 14.4 Å². The Balaban J connectivity index is 2.71. The average Bonchev–Trinajstić information content (AvgIpc) is 2.42. The van der Waals surface area contributed by atoms with Crippen LogP contribution in [0.1, 0.15) is 25.1 Å². The van der Waals surface area contributed by atoms with Crippen molar-refractivity contribution in [3.8, 4) is 0 Å². The lowest BCUT2D eigenvalue weighted by Gasteiger charge is -2.21. The monoisotopic (exact) mass is 239 g/mol. The molecule has 5 heteroatoms. The molecule has 1 N–H and O–H groups in total. The predicted molar refractivity (Wildman–Crippen MR) is 65.7 cm³/mol. The van der Waals surface area contributed by atoms with Gasteiger partial charge in [-0.05, 0) is 12.8 Å². The van der Waals surface area contributed by atoms with Crippen LogP contribution in [0.3, 0.4) is 0 Å². The third kappa shape index (κ3) is 4.56. The highest BCUT2D eigenvalue weighted by Crippen LogP contribution is 2.10. The van der Waals surface area contributed by atoms with E-state index in [0.29, 0.717) is 12.5 Å². The van der Waals surface area contributed by atoms with Gasteiger partial charge in [-0.25, -0.2) is 0 Å². The molecule has 0 aromatic carbocycles. The number of aliphatic carboxylic acids is 1. The van der Waals surface area contributed by atoms with Crippen molar-refractivity contribution in [1.82, 2.24) is 14.7 Å². The summed E-state index contributed by atoms with van der Waals surface area (Å²) in [6.45, 7) is 7.62. The summed E-state index contributed by atoms with van der Waals surface area (Å²) in [5.74, 6) is -0.335. The number of carboxylic acids is 1. The smallest absolute Gasteiger partial charge is 0.317 e. The summed E-state index contributed by atoms with van der Waals surface area (Å²) in [7, 11) is 1.88. The summed E-state index contributed by atoms with van der Waals surface area (Å²) in [6.07, 6.45) is 1.95. The minimum atomic E-state index is -0.785. The first-order valence-electron chi connectivity index (χ1n) is 5.81. The van der Waals surface area contributed by atoms with E-state index in [1.165, 1.54) is 0 Å². The summed E-state index contributed by atoms with van der Waals surface area (Å²) in [4.78, 5) is 12.8. The molecule has 0 amide bonds. The fraction of sp³-hybridized carbons (Fsp3) is 0.667. The van der Waals surface area contributed by atoms with Crippen molar-refractivity contribution in [2.24, 2.45) is 13.0 Å². The van der Waals surface area contributed by atoms with Gasteiger partial charge in [0.2, 0.25) is 0 Å². The molecule has 96 valence electrons. The van der Waals surface area contributed by atoms with Crippen LogP contribution in [-0.2, 0) is 18.4 Å². The zero-order chi connectivity index (χ0) is 13.0. The van der Waals surface area contributed by atoms with E-state index in [2.05, 4.69) is 18.9 Å². The van der Waals surface area contributed by atoms with Crippen LogP contribution in [0.15, 0.2) is 6.20 Å². The molecule has 0 aliphatic carbocycles. The van der Waals surface area contributed by atoms with Crippen molar-refractivity contribution >= 4 is 5.97 Å². The Morgan fingerprint density at radius 1 is 1.59 bits per heavy atom. The molecule has 1 rings (SSSR count). The Morgan fingerprint density at radius 2 is 2.24 bits per heavy atom. The van der Waals surface area contributed by atoms with Gasteiger partial charge < -0.3 is 5.11 Å². The van der Waals surface area contributed by atoms with Crippen molar-refractivity contribution in [1.29, 1.82) is 0 Å². The Kier molecular flexibility index (Phi) is 4.69. The van der Waals surface area contributed by atoms with Gasteiger partial charge in [-0.15, -0.1) is 0 Å². The van der Waals surface area contributed by atoms with Gasteiger partial charge >= 0.3 is 5.97 Å². The molecule has 0 radical (unpaired) electrons. The molecule has 0 aliphatic heterocycles. The first kappa shape index (κ1) is 13.7. The van der Waals surface area contributed by atoms with Crippen LogP contribution >= 0.6 is 0 Å². The Morgan fingerprint density at radius 3 is 2.65 bits per heavy atom. The molecular weight excluding hydrogens is 218 g/mol. The number of carbonyl (C=O) groups is 1. The van der Waals surface area contributed by atoms with Gasteiger partial charge in [0.05, 0.1) is 12.2 Å². The van der Waals surface area contributed by atoms with E-state index in [4.69, 9.17) is 5.11 Å². The highest BCUT2D eigenvalue weighted by molar-refractivity contribution is 5.69. The molecule has 0 bridgehead atoms. The Labute approximate surface area is 102 Å². The molecule has 0 fully saturated rings. The minimum Gasteiger partial charge on any atom is -0.480 e. The fourth-order valence-electron chi connectivity index (χ4n) is 1.94. The highest BCUT2D eigenvalue weighted by Gasteiger charge is 2.14. The summed E-state index contributed by atoms with van der Waals surface area (Å²) in [5.41, 5.74) is 2.06. The SMILES string of the molecule is Cc1nn(C)cc1CN(CC(=O)O)CC(C)C. The standard InChI is InChI=1S/C12H21N3O2/c1-9(2)5-15(8-12(16)17)7-11-6-14(4)13-10(11)3/h6,9H,5,7-8H2,1-4H3,(H,16,17). The Hall–Kier alpha value is -1.36. The largest absolute Gasteiger partial charge is 0.480 e. The molecule has 0 saturated carbocycles. The zero-order valence-electron chi connectivity index (χ0n) is 11.0. The van der Waals surface area contributed by atoms with E-state index >= 15 is 0 Å². The average molecular weight is 239 g/mol. The minimum absolute atomic E-state index is 0.0759. The summed E-state index contributed by atoms with van der Waals surface area (Å²) < 4.78 is 1.76. The molecule has 5 nitrogen and oxygen atoms in total. The number of nitrogens with zero attached hydrogens (tertiary/aromatic N) is 3. The molecule has 1 heterocycles. The molecule has 17 heavy (non-hydrogen) atoms. The van der Waals surface area contributed by atoms with Gasteiger partial charge in [-0.1, -0.05) is 13.8 Å². The van der Waals surface area contributed by atoms with Gasteiger partial charge in [0, 0.05) is 31.9 Å². The number of aromatic nitrogens is 2. The third-order valence-electron chi connectivity index (χ3n) is 2.49. The van der Waals surface area contributed by atoms with Crippen LogP contribution in [0, 0.1) is 12.8 Å². The van der Waals surface area contributed by atoms with Crippen LogP contribution in [0.5, 0.6) is 0 Å². The number of rotatable bonds is 6. The Bertz CT molecular complexity index is 385. The van der Waals surface area contributed by atoms with E-state index in [9.17, 15) is 4.79 Å². The second-order valence-electron chi connectivity index (χ2n) is 4.87. The fourth-order valence-corrected chi connectivity index (χ4v) is 1.94. The normalized spacial score (nSPS) is 11.4. The van der Waals surface area contributed by atoms with Crippen molar-refractivity contribution in [3.63, 3.8) is 0 Å². The van der Waals surface area contributed by atoms with E-state index in [1.54, 1.807) is 4.68 Å². The van der Waals surface area contributed by atoms with Crippen LogP contribution in [0.25, 0.3) is 0 Å². The molecule has 0 spiro atoms. The van der Waals surface area contributed by atoms with E-state index < -0.39 is 5.97 Å². The first-order valence-corrected chi connectivity index (χ1v) is 5.81. The van der Waals surface area contributed by atoms with Gasteiger partial charge in [0.1, 0.15) is 0 Å². The maximum Gasteiger partial charge on any atom is 0.317 e. The number of hydrogen-bond donors (Lipinski definition) is 1. The molecule has 0 aliphatic rings. The predicted octanol–water partition coefficient (Wildman–Crippen LogP) is 1.27. The second kappa shape index (κ2) is 5.82. The van der Waals surface area contributed by atoms with Gasteiger partial charge in [0.15, 0.2) is 0 Å². The summed E-state index contributed by atoms with van der Waals surface area (Å²) in [6, 6.07) is 0.